The lowest BCUT2D eigenvalue weighted by atomic mass is 10.1. The predicted octanol–water partition coefficient (Wildman–Crippen LogP) is 2.77. The van der Waals surface area contributed by atoms with Crippen LogP contribution in [-0.2, 0) is 6.42 Å². The number of benzene rings is 1. The number of amides is 1. The molecule has 0 saturated heterocycles. The smallest absolute Gasteiger partial charge is 0.271 e. The molecule has 5 nitrogen and oxygen atoms in total. The maximum absolute atomic E-state index is 11.8. The Balaban J connectivity index is 1.44. The Kier molecular flexibility index (Phi) is 5.19. The molecule has 5 heteroatoms. The highest BCUT2D eigenvalue weighted by Gasteiger charge is 2.16. The number of aromatic nitrogens is 2. The van der Waals surface area contributed by atoms with Crippen molar-refractivity contribution in [2.75, 3.05) is 6.54 Å². The zero-order valence-corrected chi connectivity index (χ0v) is 13.1. The molecular weight excluding hydrogens is 290 g/mol. The Morgan fingerprint density at radius 1 is 1.17 bits per heavy atom. The number of nitrogens with zero attached hydrogens (tertiary/aromatic N) is 2. The molecule has 1 saturated carbocycles. The van der Waals surface area contributed by atoms with Gasteiger partial charge in [-0.05, 0) is 49.8 Å². The highest BCUT2D eigenvalue weighted by molar-refractivity contribution is 5.91. The maximum Gasteiger partial charge on any atom is 0.271 e. The van der Waals surface area contributed by atoms with Gasteiger partial charge in [0.1, 0.15) is 11.4 Å². The van der Waals surface area contributed by atoms with Crippen molar-refractivity contribution in [3.63, 3.8) is 0 Å². The summed E-state index contributed by atoms with van der Waals surface area (Å²) in [4.78, 5) is 19.7. The van der Waals surface area contributed by atoms with E-state index >= 15 is 0 Å². The number of rotatable bonds is 6. The van der Waals surface area contributed by atoms with E-state index in [4.69, 9.17) is 4.74 Å². The van der Waals surface area contributed by atoms with Gasteiger partial charge in [-0.15, -0.1) is 0 Å². The second kappa shape index (κ2) is 7.72. The van der Waals surface area contributed by atoms with E-state index in [9.17, 15) is 4.79 Å². The van der Waals surface area contributed by atoms with Crippen LogP contribution in [0.2, 0.25) is 0 Å². The summed E-state index contributed by atoms with van der Waals surface area (Å²) in [7, 11) is 0. The molecule has 1 heterocycles. The molecule has 1 N–H and O–H groups in total. The molecule has 3 rings (SSSR count). The van der Waals surface area contributed by atoms with Crippen molar-refractivity contribution in [1.82, 2.24) is 15.3 Å². The van der Waals surface area contributed by atoms with Crippen LogP contribution in [0.3, 0.4) is 0 Å². The van der Waals surface area contributed by atoms with Crippen LogP contribution in [-0.4, -0.2) is 28.5 Å². The Hall–Kier alpha value is -2.43. The lowest BCUT2D eigenvalue weighted by Crippen LogP contribution is -2.26. The molecule has 1 fully saturated rings. The van der Waals surface area contributed by atoms with E-state index in [1.807, 2.05) is 12.1 Å². The molecule has 0 spiro atoms. The number of hydrogen-bond donors (Lipinski definition) is 1. The fourth-order valence-corrected chi connectivity index (χ4v) is 2.76. The lowest BCUT2D eigenvalue weighted by molar-refractivity contribution is 0.0948. The largest absolute Gasteiger partial charge is 0.490 e. The Bertz CT molecular complexity index is 622. The van der Waals surface area contributed by atoms with Crippen LogP contribution in [0.5, 0.6) is 5.75 Å². The van der Waals surface area contributed by atoms with Crippen molar-refractivity contribution < 1.29 is 9.53 Å². The van der Waals surface area contributed by atoms with Crippen molar-refractivity contribution in [2.24, 2.45) is 0 Å². The first-order valence-electron chi connectivity index (χ1n) is 8.11. The van der Waals surface area contributed by atoms with Crippen LogP contribution in [0.4, 0.5) is 0 Å². The molecule has 0 radical (unpaired) electrons. The fourth-order valence-electron chi connectivity index (χ4n) is 2.76. The average molecular weight is 311 g/mol. The number of ether oxygens (including phenoxy) is 1. The van der Waals surface area contributed by atoms with E-state index in [2.05, 4.69) is 27.4 Å². The third kappa shape index (κ3) is 4.52. The molecule has 120 valence electrons. The number of carbonyl (C=O) groups is 1. The highest BCUT2D eigenvalue weighted by Crippen LogP contribution is 2.24. The zero-order chi connectivity index (χ0) is 15.9. The van der Waals surface area contributed by atoms with Gasteiger partial charge in [0.15, 0.2) is 0 Å². The van der Waals surface area contributed by atoms with Gasteiger partial charge in [0.05, 0.1) is 12.3 Å². The Morgan fingerprint density at radius 3 is 2.65 bits per heavy atom. The van der Waals surface area contributed by atoms with Crippen molar-refractivity contribution >= 4 is 5.91 Å². The minimum absolute atomic E-state index is 0.195. The summed E-state index contributed by atoms with van der Waals surface area (Å²) in [6.45, 7) is 0.568. The van der Waals surface area contributed by atoms with Crippen molar-refractivity contribution in [3.05, 3.63) is 54.1 Å². The van der Waals surface area contributed by atoms with E-state index in [1.165, 1.54) is 30.8 Å². The van der Waals surface area contributed by atoms with E-state index in [-0.39, 0.29) is 5.91 Å². The van der Waals surface area contributed by atoms with Gasteiger partial charge >= 0.3 is 0 Å². The summed E-state index contributed by atoms with van der Waals surface area (Å²) in [5.41, 5.74) is 1.51. The topological polar surface area (TPSA) is 64.1 Å². The molecule has 1 aliphatic rings. The molecule has 2 aromatic rings. The number of hydrogen-bond acceptors (Lipinski definition) is 4. The van der Waals surface area contributed by atoms with E-state index < -0.39 is 0 Å². The first kappa shape index (κ1) is 15.5. The van der Waals surface area contributed by atoms with Gasteiger partial charge in [-0.3, -0.25) is 9.78 Å². The van der Waals surface area contributed by atoms with Crippen molar-refractivity contribution in [3.8, 4) is 5.75 Å². The van der Waals surface area contributed by atoms with Crippen LogP contribution >= 0.6 is 0 Å². The lowest BCUT2D eigenvalue weighted by Gasteiger charge is -2.13. The molecule has 23 heavy (non-hydrogen) atoms. The van der Waals surface area contributed by atoms with Gasteiger partial charge in [-0.2, -0.15) is 0 Å². The molecule has 1 amide bonds. The molecule has 1 aromatic carbocycles. The quantitative estimate of drug-likeness (QED) is 0.891. The summed E-state index contributed by atoms with van der Waals surface area (Å²) in [5.74, 6) is 0.739. The van der Waals surface area contributed by atoms with Crippen LogP contribution < -0.4 is 10.1 Å². The summed E-state index contributed by atoms with van der Waals surface area (Å²) >= 11 is 0. The molecule has 1 aliphatic carbocycles. The predicted molar refractivity (Wildman–Crippen MR) is 87.4 cm³/mol. The van der Waals surface area contributed by atoms with Crippen molar-refractivity contribution in [1.29, 1.82) is 0 Å². The van der Waals surface area contributed by atoms with Crippen LogP contribution in [0.15, 0.2) is 42.9 Å². The Morgan fingerprint density at radius 2 is 1.96 bits per heavy atom. The van der Waals surface area contributed by atoms with Gasteiger partial charge in [-0.1, -0.05) is 12.1 Å². The van der Waals surface area contributed by atoms with E-state index in [1.54, 1.807) is 6.20 Å². The van der Waals surface area contributed by atoms with Gasteiger partial charge in [0.2, 0.25) is 0 Å². The normalized spacial score (nSPS) is 14.6. The summed E-state index contributed by atoms with van der Waals surface area (Å²) < 4.78 is 5.95. The maximum atomic E-state index is 11.8. The summed E-state index contributed by atoms with van der Waals surface area (Å²) in [6, 6.07) is 8.13. The Labute approximate surface area is 136 Å². The first-order chi connectivity index (χ1) is 11.3. The van der Waals surface area contributed by atoms with Gasteiger partial charge in [-0.25, -0.2) is 4.98 Å². The van der Waals surface area contributed by atoms with E-state index in [0.29, 0.717) is 18.3 Å². The fraction of sp³-hybridized carbons (Fsp3) is 0.389. The minimum atomic E-state index is -0.195. The second-order valence-electron chi connectivity index (χ2n) is 5.76. The van der Waals surface area contributed by atoms with Gasteiger partial charge in [0, 0.05) is 18.9 Å². The minimum Gasteiger partial charge on any atom is -0.490 e. The first-order valence-corrected chi connectivity index (χ1v) is 8.11. The highest BCUT2D eigenvalue weighted by atomic mass is 16.5. The third-order valence-electron chi connectivity index (χ3n) is 4.02. The van der Waals surface area contributed by atoms with E-state index in [0.717, 1.165) is 25.0 Å². The number of carbonyl (C=O) groups excluding carboxylic acids is 1. The molecular formula is C18H21N3O2. The van der Waals surface area contributed by atoms with Crippen molar-refractivity contribution in [2.45, 2.75) is 38.2 Å². The molecule has 0 aliphatic heterocycles. The average Bonchev–Trinajstić information content (AvgIpc) is 3.10. The molecule has 0 bridgehead atoms. The second-order valence-corrected chi connectivity index (χ2v) is 5.76. The van der Waals surface area contributed by atoms with Crippen LogP contribution in [0.25, 0.3) is 0 Å². The zero-order valence-electron chi connectivity index (χ0n) is 13.1. The van der Waals surface area contributed by atoms with Crippen LogP contribution in [0.1, 0.15) is 41.7 Å². The third-order valence-corrected chi connectivity index (χ3v) is 4.02. The monoisotopic (exact) mass is 311 g/mol. The standard InChI is InChI=1S/C18H21N3O2/c22-18(17-13-19-11-12-20-17)21-10-9-14-5-7-16(8-6-14)23-15-3-1-2-4-15/h5-8,11-13,15H,1-4,9-10H2,(H,21,22). The SMILES string of the molecule is O=C(NCCc1ccc(OC2CCCC2)cc1)c1cnccn1. The summed E-state index contributed by atoms with van der Waals surface area (Å²) in [6.07, 6.45) is 10.5. The van der Waals surface area contributed by atoms with Gasteiger partial charge < -0.3 is 10.1 Å². The summed E-state index contributed by atoms with van der Waals surface area (Å²) in [5, 5.41) is 2.85. The molecule has 0 atom stereocenters. The van der Waals surface area contributed by atoms with Gasteiger partial charge in [0.25, 0.3) is 5.91 Å². The molecule has 0 unspecified atom stereocenters. The molecule has 1 aromatic heterocycles. The number of nitrogens with one attached hydrogen (secondary N) is 1. The van der Waals surface area contributed by atoms with Crippen LogP contribution in [0, 0.1) is 0 Å².